The predicted molar refractivity (Wildman–Crippen MR) is 113 cm³/mol. The van der Waals surface area contributed by atoms with Gasteiger partial charge in [0.05, 0.1) is 6.04 Å². The summed E-state index contributed by atoms with van der Waals surface area (Å²) in [4.78, 5) is 0. The Labute approximate surface area is 157 Å². The highest BCUT2D eigenvalue weighted by molar-refractivity contribution is 6.18. The molecule has 0 fully saturated rings. The fourth-order valence-corrected chi connectivity index (χ4v) is 5.36. The van der Waals surface area contributed by atoms with Gasteiger partial charge in [0, 0.05) is 11.6 Å². The van der Waals surface area contributed by atoms with Crippen molar-refractivity contribution in [3.05, 3.63) is 88.8 Å². The quantitative estimate of drug-likeness (QED) is 0.432. The summed E-state index contributed by atoms with van der Waals surface area (Å²) < 4.78 is 0. The van der Waals surface area contributed by atoms with E-state index in [0.717, 1.165) is 0 Å². The molecular formula is C26H17N. The Kier molecular flexibility index (Phi) is 2.40. The number of fused-ring (bicyclic) bond motifs is 8. The third-order valence-electron chi connectivity index (χ3n) is 6.47. The molecule has 1 aliphatic heterocycles. The highest BCUT2D eigenvalue weighted by Crippen LogP contribution is 2.53. The first-order chi connectivity index (χ1) is 13.4. The Hall–Kier alpha value is -3.32. The van der Waals surface area contributed by atoms with Crippen LogP contribution in [0.15, 0.2) is 72.8 Å². The van der Waals surface area contributed by atoms with Gasteiger partial charge in [-0.3, -0.25) is 0 Å². The summed E-state index contributed by atoms with van der Waals surface area (Å²) >= 11 is 0. The molecule has 1 heterocycles. The lowest BCUT2D eigenvalue weighted by Crippen LogP contribution is -2.34. The lowest BCUT2D eigenvalue weighted by Gasteiger charge is -2.18. The van der Waals surface area contributed by atoms with Crippen molar-refractivity contribution in [3.8, 4) is 22.3 Å². The number of hydrogen-bond acceptors (Lipinski definition) is 1. The first kappa shape index (κ1) is 13.8. The number of anilines is 1. The van der Waals surface area contributed by atoms with Gasteiger partial charge in [0.15, 0.2) is 0 Å². The molecule has 4 aromatic carbocycles. The molecule has 1 heteroatoms. The highest BCUT2D eigenvalue weighted by Gasteiger charge is 2.34. The average Bonchev–Trinajstić information content (AvgIpc) is 3.23. The van der Waals surface area contributed by atoms with Crippen LogP contribution in [-0.2, 0) is 0 Å². The zero-order valence-corrected chi connectivity index (χ0v) is 14.7. The van der Waals surface area contributed by atoms with Crippen LogP contribution in [0.2, 0.25) is 0 Å². The Morgan fingerprint density at radius 3 is 2.19 bits per heavy atom. The van der Waals surface area contributed by atoms with Crippen LogP contribution < -0.4 is 15.8 Å². The van der Waals surface area contributed by atoms with Crippen molar-refractivity contribution in [3.63, 3.8) is 0 Å². The zero-order valence-electron chi connectivity index (χ0n) is 14.7. The van der Waals surface area contributed by atoms with Gasteiger partial charge in [-0.05, 0) is 55.1 Å². The molecule has 0 spiro atoms. The molecule has 0 aromatic heterocycles. The van der Waals surface area contributed by atoms with Crippen LogP contribution in [0.1, 0.15) is 11.5 Å². The Balaban J connectivity index is 1.58. The first-order valence-corrected chi connectivity index (χ1v) is 9.63. The second-order valence-corrected chi connectivity index (χ2v) is 7.82. The van der Waals surface area contributed by atoms with Crippen LogP contribution in [0, 0.1) is 0 Å². The van der Waals surface area contributed by atoms with Crippen molar-refractivity contribution >= 4 is 28.6 Å². The van der Waals surface area contributed by atoms with Crippen molar-refractivity contribution in [2.24, 2.45) is 0 Å². The van der Waals surface area contributed by atoms with Crippen molar-refractivity contribution < 1.29 is 0 Å². The molecule has 7 rings (SSSR count). The van der Waals surface area contributed by atoms with Crippen LogP contribution in [0.5, 0.6) is 0 Å². The van der Waals surface area contributed by atoms with E-state index >= 15 is 0 Å². The third-order valence-corrected chi connectivity index (χ3v) is 6.47. The van der Waals surface area contributed by atoms with Gasteiger partial charge < -0.3 is 5.32 Å². The van der Waals surface area contributed by atoms with E-state index < -0.39 is 0 Å². The van der Waals surface area contributed by atoms with Crippen molar-refractivity contribution in [2.45, 2.75) is 12.0 Å². The lowest BCUT2D eigenvalue weighted by molar-refractivity contribution is 0.876. The minimum atomic E-state index is 0.340. The van der Waals surface area contributed by atoms with E-state index in [1.807, 2.05) is 0 Å². The molecule has 0 saturated heterocycles. The molecule has 0 bridgehead atoms. The number of nitrogens with one attached hydrogen (secondary N) is 1. The molecule has 3 aliphatic rings. The van der Waals surface area contributed by atoms with E-state index in [-0.39, 0.29) is 0 Å². The molecule has 126 valence electrons. The molecule has 4 aromatic rings. The minimum absolute atomic E-state index is 0.340. The maximum atomic E-state index is 3.81. The van der Waals surface area contributed by atoms with E-state index in [2.05, 4.69) is 90.3 Å². The predicted octanol–water partition coefficient (Wildman–Crippen LogP) is 4.64. The smallest absolute Gasteiger partial charge is 0.0558 e. The van der Waals surface area contributed by atoms with Crippen LogP contribution in [0.25, 0.3) is 45.2 Å². The fourth-order valence-electron chi connectivity index (χ4n) is 5.36. The summed E-state index contributed by atoms with van der Waals surface area (Å²) in [6, 6.07) is 27.0. The fraction of sp³-hybridized carbons (Fsp3) is 0.0769. The van der Waals surface area contributed by atoms with Crippen LogP contribution in [-0.4, -0.2) is 6.04 Å². The van der Waals surface area contributed by atoms with Gasteiger partial charge in [-0.1, -0.05) is 78.9 Å². The summed E-state index contributed by atoms with van der Waals surface area (Å²) in [5, 5.41) is 9.32. The maximum Gasteiger partial charge on any atom is 0.0558 e. The van der Waals surface area contributed by atoms with Crippen molar-refractivity contribution in [1.82, 2.24) is 0 Å². The van der Waals surface area contributed by atoms with Gasteiger partial charge in [0.2, 0.25) is 0 Å². The zero-order chi connectivity index (χ0) is 17.5. The van der Waals surface area contributed by atoms with Crippen LogP contribution >= 0.6 is 0 Å². The van der Waals surface area contributed by atoms with Crippen LogP contribution in [0.4, 0.5) is 5.69 Å². The number of rotatable bonds is 0. The molecule has 1 N–H and O–H groups in total. The van der Waals surface area contributed by atoms with E-state index in [9.17, 15) is 0 Å². The topological polar surface area (TPSA) is 12.0 Å². The summed E-state index contributed by atoms with van der Waals surface area (Å²) in [7, 11) is 0. The molecule has 2 aliphatic carbocycles. The molecule has 0 amide bonds. The van der Waals surface area contributed by atoms with Gasteiger partial charge in [-0.15, -0.1) is 0 Å². The largest absolute Gasteiger partial charge is 0.378 e. The Morgan fingerprint density at radius 2 is 1.33 bits per heavy atom. The highest BCUT2D eigenvalue weighted by atomic mass is 15.0. The molecule has 0 saturated carbocycles. The SMILES string of the molecule is C1=c2ccccc2=CC2c3c(cc4c5c(cccc35)-c3ccccc3-4)NC12. The molecule has 0 radical (unpaired) electrons. The Morgan fingerprint density at radius 1 is 0.630 bits per heavy atom. The number of benzene rings is 4. The molecule has 2 unspecified atom stereocenters. The Bertz CT molecular complexity index is 1410. The van der Waals surface area contributed by atoms with E-state index in [1.165, 1.54) is 54.7 Å². The third kappa shape index (κ3) is 1.65. The molecule has 1 nitrogen and oxygen atoms in total. The second-order valence-electron chi connectivity index (χ2n) is 7.82. The van der Waals surface area contributed by atoms with E-state index in [1.54, 1.807) is 0 Å². The summed E-state index contributed by atoms with van der Waals surface area (Å²) in [6.45, 7) is 0. The molecule has 2 atom stereocenters. The van der Waals surface area contributed by atoms with Gasteiger partial charge in [-0.2, -0.15) is 0 Å². The maximum absolute atomic E-state index is 3.81. The van der Waals surface area contributed by atoms with Crippen molar-refractivity contribution in [2.75, 3.05) is 5.32 Å². The van der Waals surface area contributed by atoms with Crippen LogP contribution in [0.3, 0.4) is 0 Å². The summed E-state index contributed by atoms with van der Waals surface area (Å²) in [6.07, 6.45) is 4.85. The monoisotopic (exact) mass is 343 g/mol. The minimum Gasteiger partial charge on any atom is -0.378 e. The summed E-state index contributed by atoms with van der Waals surface area (Å²) in [5.74, 6) is 0.392. The standard InChI is InChI=1S/C26H17N/c1-2-7-16-13-23-22(12-15(16)6-1)26-20-11-5-10-19-17-8-3-4-9-18(17)21(25(19)20)14-24(26)27-23/h1-14,22-23,27H. The summed E-state index contributed by atoms with van der Waals surface area (Å²) in [5.41, 5.74) is 8.23. The lowest BCUT2D eigenvalue weighted by atomic mass is 9.86. The average molecular weight is 343 g/mol. The molecular weight excluding hydrogens is 326 g/mol. The molecule has 27 heavy (non-hydrogen) atoms. The first-order valence-electron chi connectivity index (χ1n) is 9.63. The van der Waals surface area contributed by atoms with E-state index in [4.69, 9.17) is 0 Å². The number of hydrogen-bond donors (Lipinski definition) is 1. The van der Waals surface area contributed by atoms with Gasteiger partial charge in [0.25, 0.3) is 0 Å². The second kappa shape index (κ2) is 4.69. The normalized spacial score (nSPS) is 20.0. The van der Waals surface area contributed by atoms with Gasteiger partial charge >= 0.3 is 0 Å². The van der Waals surface area contributed by atoms with Crippen molar-refractivity contribution in [1.29, 1.82) is 0 Å². The van der Waals surface area contributed by atoms with E-state index in [0.29, 0.717) is 12.0 Å². The van der Waals surface area contributed by atoms with Gasteiger partial charge in [-0.25, -0.2) is 0 Å². The van der Waals surface area contributed by atoms with Gasteiger partial charge in [0.1, 0.15) is 0 Å².